The Morgan fingerprint density at radius 2 is 1.78 bits per heavy atom. The van der Waals surface area contributed by atoms with Gasteiger partial charge in [-0.05, 0) is 35.7 Å². The van der Waals surface area contributed by atoms with Crippen LogP contribution in [0.1, 0.15) is 16.1 Å². The number of anilines is 1. The van der Waals surface area contributed by atoms with Crippen LogP contribution in [0.25, 0.3) is 11.1 Å². The van der Waals surface area contributed by atoms with E-state index in [9.17, 15) is 9.18 Å². The summed E-state index contributed by atoms with van der Waals surface area (Å²) in [6.07, 6.45) is 2.48. The van der Waals surface area contributed by atoms with E-state index in [4.69, 9.17) is 0 Å². The highest BCUT2D eigenvalue weighted by Gasteiger charge is 2.14. The summed E-state index contributed by atoms with van der Waals surface area (Å²) in [4.78, 5) is 19.2. The molecule has 114 valence electrons. The van der Waals surface area contributed by atoms with Crippen LogP contribution < -0.4 is 5.32 Å². The monoisotopic (exact) mass is 307 g/mol. The van der Waals surface area contributed by atoms with Crippen LogP contribution in [0.5, 0.6) is 0 Å². The zero-order chi connectivity index (χ0) is 16.2. The minimum absolute atomic E-state index is 0.322. The predicted molar refractivity (Wildman–Crippen MR) is 86.6 cm³/mol. The fraction of sp³-hybridized carbons (Fsp3) is 0.0556. The maximum absolute atomic E-state index is 13.5. The average Bonchev–Trinajstić information content (AvgIpc) is 2.56. The van der Waals surface area contributed by atoms with Gasteiger partial charge < -0.3 is 5.32 Å². The van der Waals surface area contributed by atoms with E-state index < -0.39 is 11.9 Å². The van der Waals surface area contributed by atoms with Crippen molar-refractivity contribution in [1.29, 1.82) is 0 Å². The van der Waals surface area contributed by atoms with Crippen LogP contribution >= 0.6 is 0 Å². The molecule has 3 rings (SSSR count). The van der Waals surface area contributed by atoms with E-state index in [1.54, 1.807) is 6.07 Å². The van der Waals surface area contributed by atoms with Crippen molar-refractivity contribution in [2.75, 3.05) is 5.32 Å². The number of hydrogen-bond donors (Lipinski definition) is 1. The number of benzene rings is 2. The number of hydrogen-bond acceptors (Lipinski definition) is 3. The SMILES string of the molecule is Cc1cc(NC(=O)c2nccnc2F)ccc1-c1ccccc1. The Morgan fingerprint density at radius 3 is 2.48 bits per heavy atom. The molecule has 5 heteroatoms. The van der Waals surface area contributed by atoms with Gasteiger partial charge in [0.25, 0.3) is 5.91 Å². The van der Waals surface area contributed by atoms with Crippen LogP contribution in [-0.2, 0) is 0 Å². The lowest BCUT2D eigenvalue weighted by atomic mass is 10.00. The molecule has 2 aromatic carbocycles. The van der Waals surface area contributed by atoms with Crippen molar-refractivity contribution in [3.8, 4) is 11.1 Å². The molecule has 1 amide bonds. The zero-order valence-corrected chi connectivity index (χ0v) is 12.5. The molecule has 4 nitrogen and oxygen atoms in total. The van der Waals surface area contributed by atoms with Crippen molar-refractivity contribution in [1.82, 2.24) is 9.97 Å². The Kier molecular flexibility index (Phi) is 4.10. The summed E-state index contributed by atoms with van der Waals surface area (Å²) in [7, 11) is 0. The highest BCUT2D eigenvalue weighted by atomic mass is 19.1. The minimum Gasteiger partial charge on any atom is -0.320 e. The van der Waals surface area contributed by atoms with Gasteiger partial charge in [-0.25, -0.2) is 9.97 Å². The van der Waals surface area contributed by atoms with Crippen LogP contribution in [0.4, 0.5) is 10.1 Å². The second kappa shape index (κ2) is 6.36. The van der Waals surface area contributed by atoms with Gasteiger partial charge in [-0.3, -0.25) is 4.79 Å². The van der Waals surface area contributed by atoms with Gasteiger partial charge in [0.1, 0.15) is 0 Å². The van der Waals surface area contributed by atoms with Gasteiger partial charge >= 0.3 is 0 Å². The molecule has 0 aliphatic rings. The van der Waals surface area contributed by atoms with E-state index in [1.807, 2.05) is 49.4 Å². The lowest BCUT2D eigenvalue weighted by Crippen LogP contribution is -2.16. The van der Waals surface area contributed by atoms with Gasteiger partial charge in [0.15, 0.2) is 5.69 Å². The Labute approximate surface area is 133 Å². The molecule has 0 aliphatic heterocycles. The maximum Gasteiger partial charge on any atom is 0.279 e. The summed E-state index contributed by atoms with van der Waals surface area (Å²) in [6, 6.07) is 15.5. The number of nitrogens with zero attached hydrogens (tertiary/aromatic N) is 2. The standard InChI is InChI=1S/C18H14FN3O/c1-12-11-14(7-8-15(12)13-5-3-2-4-6-13)22-18(23)16-17(19)21-10-9-20-16/h2-11H,1H3,(H,22,23). The van der Waals surface area contributed by atoms with Crippen molar-refractivity contribution in [3.63, 3.8) is 0 Å². The molecule has 0 bridgehead atoms. The third kappa shape index (κ3) is 3.23. The van der Waals surface area contributed by atoms with E-state index in [0.29, 0.717) is 5.69 Å². The molecule has 1 heterocycles. The molecule has 23 heavy (non-hydrogen) atoms. The highest BCUT2D eigenvalue weighted by molar-refractivity contribution is 6.03. The molecule has 0 spiro atoms. The van der Waals surface area contributed by atoms with E-state index in [-0.39, 0.29) is 5.69 Å². The summed E-state index contributed by atoms with van der Waals surface area (Å²) in [6.45, 7) is 1.96. The van der Waals surface area contributed by atoms with Gasteiger partial charge in [-0.2, -0.15) is 4.39 Å². The first-order valence-corrected chi connectivity index (χ1v) is 7.09. The number of amides is 1. The number of nitrogens with one attached hydrogen (secondary N) is 1. The number of carbonyl (C=O) groups excluding carboxylic acids is 1. The third-order valence-corrected chi connectivity index (χ3v) is 3.44. The molecular formula is C18H14FN3O. The quantitative estimate of drug-likeness (QED) is 0.799. The zero-order valence-electron chi connectivity index (χ0n) is 12.5. The third-order valence-electron chi connectivity index (χ3n) is 3.44. The molecule has 0 unspecified atom stereocenters. The number of rotatable bonds is 3. The van der Waals surface area contributed by atoms with Gasteiger partial charge in [0.05, 0.1) is 0 Å². The molecule has 0 aliphatic carbocycles. The fourth-order valence-electron chi connectivity index (χ4n) is 2.35. The van der Waals surface area contributed by atoms with Gasteiger partial charge in [0.2, 0.25) is 5.95 Å². The second-order valence-corrected chi connectivity index (χ2v) is 5.05. The first-order chi connectivity index (χ1) is 11.1. The van der Waals surface area contributed by atoms with Crippen molar-refractivity contribution >= 4 is 11.6 Å². The van der Waals surface area contributed by atoms with E-state index in [2.05, 4.69) is 15.3 Å². The second-order valence-electron chi connectivity index (χ2n) is 5.05. The van der Waals surface area contributed by atoms with E-state index in [0.717, 1.165) is 16.7 Å². The first-order valence-electron chi connectivity index (χ1n) is 7.09. The van der Waals surface area contributed by atoms with Crippen molar-refractivity contribution in [2.45, 2.75) is 6.92 Å². The molecule has 0 atom stereocenters. The Hall–Kier alpha value is -3.08. The van der Waals surface area contributed by atoms with Crippen LogP contribution in [0, 0.1) is 12.9 Å². The molecule has 0 radical (unpaired) electrons. The molecule has 0 fully saturated rings. The molecule has 3 aromatic rings. The summed E-state index contributed by atoms with van der Waals surface area (Å²) < 4.78 is 13.5. The Balaban J connectivity index is 1.84. The fourth-order valence-corrected chi connectivity index (χ4v) is 2.35. The maximum atomic E-state index is 13.5. The molecule has 0 saturated carbocycles. The Morgan fingerprint density at radius 1 is 1.04 bits per heavy atom. The average molecular weight is 307 g/mol. The summed E-state index contributed by atoms with van der Waals surface area (Å²) in [5.74, 6) is -1.51. The van der Waals surface area contributed by atoms with E-state index >= 15 is 0 Å². The lowest BCUT2D eigenvalue weighted by molar-refractivity contribution is 0.101. The van der Waals surface area contributed by atoms with Gasteiger partial charge in [0, 0.05) is 18.1 Å². The highest BCUT2D eigenvalue weighted by Crippen LogP contribution is 2.25. The van der Waals surface area contributed by atoms with Crippen molar-refractivity contribution in [2.24, 2.45) is 0 Å². The van der Waals surface area contributed by atoms with Crippen LogP contribution in [0.2, 0.25) is 0 Å². The first kappa shape index (κ1) is 14.8. The van der Waals surface area contributed by atoms with Crippen LogP contribution in [0.15, 0.2) is 60.9 Å². The van der Waals surface area contributed by atoms with Gasteiger partial charge in [-0.15, -0.1) is 0 Å². The normalized spacial score (nSPS) is 10.3. The van der Waals surface area contributed by atoms with E-state index in [1.165, 1.54) is 12.4 Å². The number of aryl methyl sites for hydroxylation is 1. The molecule has 1 N–H and O–H groups in total. The smallest absolute Gasteiger partial charge is 0.279 e. The Bertz CT molecular complexity index is 850. The molecular weight excluding hydrogens is 293 g/mol. The number of carbonyl (C=O) groups is 1. The number of halogens is 1. The lowest BCUT2D eigenvalue weighted by Gasteiger charge is -2.10. The molecule has 1 aromatic heterocycles. The van der Waals surface area contributed by atoms with Crippen molar-refractivity contribution < 1.29 is 9.18 Å². The topological polar surface area (TPSA) is 54.9 Å². The minimum atomic E-state index is -0.886. The van der Waals surface area contributed by atoms with Gasteiger partial charge in [-0.1, -0.05) is 36.4 Å². The summed E-state index contributed by atoms with van der Waals surface area (Å²) in [5.41, 5.74) is 3.44. The van der Waals surface area contributed by atoms with Crippen molar-refractivity contribution in [3.05, 3.63) is 78.1 Å². The molecule has 0 saturated heterocycles. The summed E-state index contributed by atoms with van der Waals surface area (Å²) in [5, 5.41) is 2.64. The number of aromatic nitrogens is 2. The van der Waals surface area contributed by atoms with Crippen LogP contribution in [0.3, 0.4) is 0 Å². The summed E-state index contributed by atoms with van der Waals surface area (Å²) >= 11 is 0. The van der Waals surface area contributed by atoms with Crippen LogP contribution in [-0.4, -0.2) is 15.9 Å². The predicted octanol–water partition coefficient (Wildman–Crippen LogP) is 3.84. The largest absolute Gasteiger partial charge is 0.320 e.